The third-order valence-corrected chi connectivity index (χ3v) is 4.62. The van der Waals surface area contributed by atoms with E-state index in [0.717, 1.165) is 17.1 Å². The van der Waals surface area contributed by atoms with Crippen molar-refractivity contribution in [1.82, 2.24) is 29.3 Å². The lowest BCUT2D eigenvalue weighted by Crippen LogP contribution is -2.29. The number of fused-ring (bicyclic) bond motifs is 1. The van der Waals surface area contributed by atoms with Crippen molar-refractivity contribution in [1.29, 1.82) is 0 Å². The van der Waals surface area contributed by atoms with Crippen molar-refractivity contribution in [3.63, 3.8) is 0 Å². The van der Waals surface area contributed by atoms with Gasteiger partial charge in [0.1, 0.15) is 11.3 Å². The second-order valence-corrected chi connectivity index (χ2v) is 7.24. The van der Waals surface area contributed by atoms with Crippen molar-refractivity contribution in [3.05, 3.63) is 77.9 Å². The monoisotopic (exact) mass is 430 g/mol. The molecule has 0 aliphatic heterocycles. The molecular formula is C20H24ClFN8. The molecular weight excluding hydrogens is 407 g/mol. The van der Waals surface area contributed by atoms with Gasteiger partial charge in [-0.15, -0.1) is 0 Å². The number of hydrogen-bond acceptors (Lipinski definition) is 6. The van der Waals surface area contributed by atoms with Crippen LogP contribution in [0, 0.1) is 5.82 Å². The highest BCUT2D eigenvalue weighted by Crippen LogP contribution is 2.21. The van der Waals surface area contributed by atoms with Gasteiger partial charge in [0, 0.05) is 43.6 Å². The molecule has 30 heavy (non-hydrogen) atoms. The number of nitrogens with one attached hydrogen (secondary N) is 1. The molecule has 0 amide bonds. The van der Waals surface area contributed by atoms with Crippen molar-refractivity contribution >= 4 is 28.9 Å². The van der Waals surface area contributed by atoms with E-state index in [2.05, 4.69) is 28.4 Å². The molecule has 0 spiro atoms. The van der Waals surface area contributed by atoms with E-state index in [1.807, 2.05) is 13.1 Å². The Morgan fingerprint density at radius 1 is 1.47 bits per heavy atom. The van der Waals surface area contributed by atoms with Crippen LogP contribution in [-0.2, 0) is 13.1 Å². The smallest absolute Gasteiger partial charge is 0.167 e. The SMILES string of the molecule is C=Cn1cc(CN(N)/C=C(\N)CNCc2ncn3ccc(Cl)c(F)c23)nc1C(=C)C. The predicted molar refractivity (Wildman–Crippen MR) is 117 cm³/mol. The Labute approximate surface area is 178 Å². The number of aromatic nitrogens is 4. The molecule has 5 N–H and O–H groups in total. The average Bonchev–Trinajstić information content (AvgIpc) is 3.29. The summed E-state index contributed by atoms with van der Waals surface area (Å²) < 4.78 is 17.6. The third kappa shape index (κ3) is 4.70. The number of hydrogen-bond donors (Lipinski definition) is 3. The van der Waals surface area contributed by atoms with Gasteiger partial charge >= 0.3 is 0 Å². The molecule has 3 rings (SSSR count). The lowest BCUT2D eigenvalue weighted by atomic mass is 10.3. The highest BCUT2D eigenvalue weighted by Gasteiger charge is 2.12. The van der Waals surface area contributed by atoms with Crippen LogP contribution in [0.15, 0.2) is 49.8 Å². The molecule has 0 saturated heterocycles. The van der Waals surface area contributed by atoms with Crippen LogP contribution in [0.3, 0.4) is 0 Å². The van der Waals surface area contributed by atoms with Crippen LogP contribution in [0.1, 0.15) is 24.1 Å². The molecule has 0 bridgehead atoms. The van der Waals surface area contributed by atoms with Crippen LogP contribution in [0.4, 0.5) is 4.39 Å². The number of allylic oxidation sites excluding steroid dienone is 1. The Morgan fingerprint density at radius 3 is 2.90 bits per heavy atom. The first kappa shape index (κ1) is 21.6. The summed E-state index contributed by atoms with van der Waals surface area (Å²) in [7, 11) is 0. The molecule has 0 aliphatic rings. The van der Waals surface area contributed by atoms with Crippen LogP contribution in [0.25, 0.3) is 17.3 Å². The minimum Gasteiger partial charge on any atom is -0.400 e. The van der Waals surface area contributed by atoms with Gasteiger partial charge in [0.05, 0.1) is 29.3 Å². The summed E-state index contributed by atoms with van der Waals surface area (Å²) in [5.74, 6) is 6.26. The summed E-state index contributed by atoms with van der Waals surface area (Å²) >= 11 is 5.86. The van der Waals surface area contributed by atoms with Gasteiger partial charge in [-0.25, -0.2) is 20.2 Å². The number of nitrogens with zero attached hydrogens (tertiary/aromatic N) is 5. The number of rotatable bonds is 9. The van der Waals surface area contributed by atoms with Crippen molar-refractivity contribution in [3.8, 4) is 0 Å². The van der Waals surface area contributed by atoms with Crippen molar-refractivity contribution in [2.45, 2.75) is 20.0 Å². The van der Waals surface area contributed by atoms with E-state index >= 15 is 0 Å². The lowest BCUT2D eigenvalue weighted by Gasteiger charge is -2.14. The van der Waals surface area contributed by atoms with E-state index in [0.29, 0.717) is 36.5 Å². The van der Waals surface area contributed by atoms with Crippen LogP contribution >= 0.6 is 11.6 Å². The third-order valence-electron chi connectivity index (χ3n) is 4.33. The normalized spacial score (nSPS) is 11.8. The second-order valence-electron chi connectivity index (χ2n) is 6.83. The van der Waals surface area contributed by atoms with Crippen molar-refractivity contribution in [2.24, 2.45) is 11.6 Å². The van der Waals surface area contributed by atoms with Gasteiger partial charge in [-0.3, -0.25) is 0 Å². The topological polar surface area (TPSA) is 102 Å². The van der Waals surface area contributed by atoms with Gasteiger partial charge in [0.2, 0.25) is 0 Å². The van der Waals surface area contributed by atoms with Gasteiger partial charge in [-0.05, 0) is 18.6 Å². The maximum absolute atomic E-state index is 14.3. The maximum Gasteiger partial charge on any atom is 0.167 e. The number of pyridine rings is 1. The van der Waals surface area contributed by atoms with Crippen LogP contribution in [-0.4, -0.2) is 30.5 Å². The van der Waals surface area contributed by atoms with E-state index in [9.17, 15) is 4.39 Å². The van der Waals surface area contributed by atoms with Crippen molar-refractivity contribution in [2.75, 3.05) is 6.54 Å². The molecule has 0 aliphatic carbocycles. The molecule has 8 nitrogen and oxygen atoms in total. The number of hydrazine groups is 1. The Balaban J connectivity index is 1.58. The molecule has 0 fully saturated rings. The summed E-state index contributed by atoms with van der Waals surface area (Å²) in [6, 6.07) is 1.48. The second kappa shape index (κ2) is 9.12. The minimum atomic E-state index is -0.502. The first-order chi connectivity index (χ1) is 14.3. The molecule has 0 atom stereocenters. The van der Waals surface area contributed by atoms with Crippen LogP contribution < -0.4 is 16.9 Å². The summed E-state index contributed by atoms with van der Waals surface area (Å²) in [6.45, 7) is 10.6. The zero-order valence-electron chi connectivity index (χ0n) is 16.6. The molecule has 3 heterocycles. The fourth-order valence-electron chi connectivity index (χ4n) is 3.01. The quantitative estimate of drug-likeness (QED) is 0.356. The van der Waals surface area contributed by atoms with Gasteiger partial charge < -0.3 is 25.0 Å². The van der Waals surface area contributed by atoms with E-state index in [4.69, 9.17) is 23.2 Å². The predicted octanol–water partition coefficient (Wildman–Crippen LogP) is 2.72. The molecule has 0 radical (unpaired) electrons. The van der Waals surface area contributed by atoms with E-state index in [1.165, 1.54) is 17.4 Å². The average molecular weight is 431 g/mol. The lowest BCUT2D eigenvalue weighted by molar-refractivity contribution is 0.377. The first-order valence-electron chi connectivity index (χ1n) is 9.14. The highest BCUT2D eigenvalue weighted by molar-refractivity contribution is 6.31. The Morgan fingerprint density at radius 2 is 2.23 bits per heavy atom. The number of nitrogens with two attached hydrogens (primary N) is 2. The van der Waals surface area contributed by atoms with Gasteiger partial charge in [-0.2, -0.15) is 0 Å². The van der Waals surface area contributed by atoms with Crippen molar-refractivity contribution < 1.29 is 4.39 Å². The van der Waals surface area contributed by atoms with Gasteiger partial charge in [-0.1, -0.05) is 24.8 Å². The number of imidazole rings is 2. The summed E-state index contributed by atoms with van der Waals surface area (Å²) in [5.41, 5.74) is 9.00. The molecule has 0 unspecified atom stereocenters. The zero-order valence-corrected chi connectivity index (χ0v) is 17.4. The van der Waals surface area contributed by atoms with E-state index < -0.39 is 5.82 Å². The van der Waals surface area contributed by atoms with E-state index in [-0.39, 0.29) is 5.02 Å². The molecule has 158 valence electrons. The summed E-state index contributed by atoms with van der Waals surface area (Å²) in [6.07, 6.45) is 8.30. The van der Waals surface area contributed by atoms with Gasteiger partial charge in [0.25, 0.3) is 0 Å². The molecule has 0 saturated carbocycles. The minimum absolute atomic E-state index is 0.0520. The Bertz CT molecular complexity index is 1110. The summed E-state index contributed by atoms with van der Waals surface area (Å²) in [4.78, 5) is 8.72. The maximum atomic E-state index is 14.3. The standard InChI is InChI=1S/C20H24ClFN8/c1-4-28-10-15(27-20(28)13(2)3)11-30(24)9-14(23)7-25-8-17-19-18(22)16(21)5-6-29(19)12-26-17/h4-6,9-10,12,25H,1-2,7-8,11,23-24H2,3H3/b14-9-. The number of halogens is 2. The molecule has 10 heteroatoms. The largest absolute Gasteiger partial charge is 0.400 e. The highest BCUT2D eigenvalue weighted by atomic mass is 35.5. The van der Waals surface area contributed by atoms with Crippen LogP contribution in [0.2, 0.25) is 5.02 Å². The Kier molecular flexibility index (Phi) is 6.56. The van der Waals surface area contributed by atoms with Crippen LogP contribution in [0.5, 0.6) is 0 Å². The van der Waals surface area contributed by atoms with Gasteiger partial charge in [0.15, 0.2) is 5.82 Å². The summed E-state index contributed by atoms with van der Waals surface area (Å²) in [5, 5.41) is 4.62. The first-order valence-corrected chi connectivity index (χ1v) is 9.52. The molecule has 3 aromatic rings. The molecule has 0 aromatic carbocycles. The fraction of sp³-hybridized carbons (Fsp3) is 0.200. The Hall–Kier alpha value is -3.14. The van der Waals surface area contributed by atoms with E-state index in [1.54, 1.807) is 27.6 Å². The zero-order chi connectivity index (χ0) is 21.8. The fourth-order valence-corrected chi connectivity index (χ4v) is 3.15. The molecule has 3 aromatic heterocycles.